The highest BCUT2D eigenvalue weighted by molar-refractivity contribution is 7.99. The molecule has 0 aliphatic carbocycles. The molecule has 0 amide bonds. The number of thioether (sulfide) groups is 1. The van der Waals surface area contributed by atoms with Gasteiger partial charge in [-0.3, -0.25) is 0 Å². The normalized spacial score (nSPS) is 11.2. The summed E-state index contributed by atoms with van der Waals surface area (Å²) in [5.74, 6) is 0.889. The summed E-state index contributed by atoms with van der Waals surface area (Å²) in [5, 5.41) is 1.18. The molecular formula is C13H18Cl2O2S. The molecule has 0 aliphatic rings. The van der Waals surface area contributed by atoms with Gasteiger partial charge in [-0.2, -0.15) is 0 Å². The van der Waals surface area contributed by atoms with Crippen molar-refractivity contribution in [2.45, 2.75) is 24.8 Å². The molecule has 5 heteroatoms. The molecule has 0 saturated heterocycles. The lowest BCUT2D eigenvalue weighted by molar-refractivity contribution is 0.0237. The summed E-state index contributed by atoms with van der Waals surface area (Å²) in [7, 11) is 0. The number of rotatable bonds is 8. The molecule has 0 aromatic heterocycles. The number of hydrogen-bond donors (Lipinski definition) is 0. The third-order valence-electron chi connectivity index (χ3n) is 2.07. The molecule has 0 unspecified atom stereocenters. The van der Waals surface area contributed by atoms with Crippen molar-refractivity contribution in [3.8, 4) is 0 Å². The van der Waals surface area contributed by atoms with Crippen LogP contribution >= 0.6 is 35.0 Å². The van der Waals surface area contributed by atoms with Crippen LogP contribution in [0.4, 0.5) is 0 Å². The van der Waals surface area contributed by atoms with Crippen LogP contribution < -0.4 is 0 Å². The molecule has 0 radical (unpaired) electrons. The maximum atomic E-state index is 5.93. The van der Waals surface area contributed by atoms with Gasteiger partial charge in [-0.25, -0.2) is 0 Å². The predicted octanol–water partition coefficient (Wildman–Crippen LogP) is 4.53. The van der Waals surface area contributed by atoms with Crippen molar-refractivity contribution >= 4 is 35.0 Å². The summed E-state index contributed by atoms with van der Waals surface area (Å²) in [6, 6.07) is 5.64. The number of benzene rings is 1. The molecule has 0 saturated carbocycles. The van der Waals surface area contributed by atoms with Crippen LogP contribution in [0.3, 0.4) is 0 Å². The van der Waals surface area contributed by atoms with Gasteiger partial charge in [0.05, 0.1) is 36.0 Å². The van der Waals surface area contributed by atoms with E-state index in [1.165, 1.54) is 0 Å². The van der Waals surface area contributed by atoms with E-state index in [4.69, 9.17) is 32.7 Å². The Morgan fingerprint density at radius 1 is 1.11 bits per heavy atom. The van der Waals surface area contributed by atoms with Gasteiger partial charge < -0.3 is 9.47 Å². The Bertz CT molecular complexity index is 359. The van der Waals surface area contributed by atoms with E-state index in [-0.39, 0.29) is 6.10 Å². The molecule has 0 N–H and O–H groups in total. The van der Waals surface area contributed by atoms with E-state index in [2.05, 4.69) is 0 Å². The number of hydrogen-bond acceptors (Lipinski definition) is 3. The van der Waals surface area contributed by atoms with Gasteiger partial charge in [0.25, 0.3) is 0 Å². The van der Waals surface area contributed by atoms with Crippen molar-refractivity contribution < 1.29 is 9.47 Å². The van der Waals surface area contributed by atoms with Crippen LogP contribution in [0.1, 0.15) is 13.8 Å². The summed E-state index contributed by atoms with van der Waals surface area (Å²) < 4.78 is 10.8. The lowest BCUT2D eigenvalue weighted by Gasteiger charge is -2.08. The van der Waals surface area contributed by atoms with Gasteiger partial charge in [-0.15, -0.1) is 11.8 Å². The van der Waals surface area contributed by atoms with Gasteiger partial charge in [0.1, 0.15) is 0 Å². The van der Waals surface area contributed by atoms with Gasteiger partial charge in [0.2, 0.25) is 0 Å². The van der Waals surface area contributed by atoms with Gasteiger partial charge >= 0.3 is 0 Å². The minimum atomic E-state index is 0.263. The first-order valence-electron chi connectivity index (χ1n) is 5.87. The molecule has 0 aliphatic heterocycles. The van der Waals surface area contributed by atoms with Crippen LogP contribution in [0.25, 0.3) is 0 Å². The first-order chi connectivity index (χ1) is 8.59. The zero-order valence-corrected chi connectivity index (χ0v) is 12.9. The Morgan fingerprint density at radius 2 is 1.89 bits per heavy atom. The fraction of sp³-hybridized carbons (Fsp3) is 0.538. The van der Waals surface area contributed by atoms with Crippen molar-refractivity contribution in [3.05, 3.63) is 28.2 Å². The SMILES string of the molecule is CC(C)OCCOCCSc1ccc(Cl)c(Cl)c1. The van der Waals surface area contributed by atoms with E-state index in [0.29, 0.717) is 29.9 Å². The average molecular weight is 309 g/mol. The molecular weight excluding hydrogens is 291 g/mol. The van der Waals surface area contributed by atoms with Crippen molar-refractivity contribution in [2.75, 3.05) is 25.6 Å². The largest absolute Gasteiger partial charge is 0.378 e. The highest BCUT2D eigenvalue weighted by atomic mass is 35.5. The molecule has 0 spiro atoms. The van der Waals surface area contributed by atoms with E-state index in [1.807, 2.05) is 32.0 Å². The van der Waals surface area contributed by atoms with Crippen molar-refractivity contribution in [1.29, 1.82) is 0 Å². The molecule has 2 nitrogen and oxygen atoms in total. The van der Waals surface area contributed by atoms with E-state index < -0.39 is 0 Å². The van der Waals surface area contributed by atoms with E-state index in [0.717, 1.165) is 10.6 Å². The molecule has 1 aromatic rings. The monoisotopic (exact) mass is 308 g/mol. The Hall–Kier alpha value is 0.0700. The summed E-state index contributed by atoms with van der Waals surface area (Å²) in [6.07, 6.45) is 0.263. The van der Waals surface area contributed by atoms with Gasteiger partial charge in [-0.1, -0.05) is 23.2 Å². The minimum absolute atomic E-state index is 0.263. The maximum Gasteiger partial charge on any atom is 0.0703 e. The van der Waals surface area contributed by atoms with E-state index in [9.17, 15) is 0 Å². The first-order valence-corrected chi connectivity index (χ1v) is 7.61. The second kappa shape index (κ2) is 9.05. The van der Waals surface area contributed by atoms with Crippen molar-refractivity contribution in [3.63, 3.8) is 0 Å². The van der Waals surface area contributed by atoms with E-state index >= 15 is 0 Å². The Balaban J connectivity index is 2.09. The van der Waals surface area contributed by atoms with Crippen LogP contribution in [-0.2, 0) is 9.47 Å². The topological polar surface area (TPSA) is 18.5 Å². The maximum absolute atomic E-state index is 5.93. The first kappa shape index (κ1) is 16.1. The van der Waals surface area contributed by atoms with Crippen LogP contribution in [0.2, 0.25) is 10.0 Å². The molecule has 0 fully saturated rings. The zero-order valence-electron chi connectivity index (χ0n) is 10.6. The molecule has 1 aromatic carbocycles. The van der Waals surface area contributed by atoms with Crippen molar-refractivity contribution in [2.24, 2.45) is 0 Å². The number of halogens is 2. The lowest BCUT2D eigenvalue weighted by atomic mass is 10.4. The molecule has 0 atom stereocenters. The average Bonchev–Trinajstić information content (AvgIpc) is 2.32. The third-order valence-corrected chi connectivity index (χ3v) is 3.76. The summed E-state index contributed by atoms with van der Waals surface area (Å²) in [5.41, 5.74) is 0. The highest BCUT2D eigenvalue weighted by Gasteiger charge is 2.00. The van der Waals surface area contributed by atoms with Crippen LogP contribution in [-0.4, -0.2) is 31.7 Å². The van der Waals surface area contributed by atoms with Crippen LogP contribution in [0.5, 0.6) is 0 Å². The smallest absolute Gasteiger partial charge is 0.0703 e. The summed E-state index contributed by atoms with van der Waals surface area (Å²) in [6.45, 7) is 6.02. The summed E-state index contributed by atoms with van der Waals surface area (Å²) in [4.78, 5) is 1.10. The molecule has 0 bridgehead atoms. The van der Waals surface area contributed by atoms with E-state index in [1.54, 1.807) is 11.8 Å². The molecule has 0 heterocycles. The van der Waals surface area contributed by atoms with Gasteiger partial charge in [-0.05, 0) is 32.0 Å². The number of ether oxygens (including phenoxy) is 2. The Morgan fingerprint density at radius 3 is 2.56 bits per heavy atom. The Labute approximate surface area is 123 Å². The van der Waals surface area contributed by atoms with Crippen LogP contribution in [0, 0.1) is 0 Å². The molecule has 102 valence electrons. The zero-order chi connectivity index (χ0) is 13.4. The van der Waals surface area contributed by atoms with Gasteiger partial charge in [0.15, 0.2) is 0 Å². The van der Waals surface area contributed by atoms with Crippen molar-refractivity contribution in [1.82, 2.24) is 0 Å². The fourth-order valence-electron chi connectivity index (χ4n) is 1.23. The molecule has 1 rings (SSSR count). The van der Waals surface area contributed by atoms with Gasteiger partial charge in [0, 0.05) is 10.6 Å². The minimum Gasteiger partial charge on any atom is -0.378 e. The second-order valence-electron chi connectivity index (χ2n) is 3.96. The predicted molar refractivity (Wildman–Crippen MR) is 79.1 cm³/mol. The fourth-order valence-corrected chi connectivity index (χ4v) is 2.40. The quantitative estimate of drug-likeness (QED) is 0.519. The highest BCUT2D eigenvalue weighted by Crippen LogP contribution is 2.27. The molecule has 18 heavy (non-hydrogen) atoms. The lowest BCUT2D eigenvalue weighted by Crippen LogP contribution is -2.10. The Kier molecular flexibility index (Phi) is 8.11. The standard InChI is InChI=1S/C13H18Cl2O2S/c1-10(2)17-6-5-16-7-8-18-11-3-4-12(14)13(15)9-11/h3-4,9-10H,5-8H2,1-2H3. The third kappa shape index (κ3) is 6.86. The summed E-state index contributed by atoms with van der Waals surface area (Å²) >= 11 is 13.5. The second-order valence-corrected chi connectivity index (χ2v) is 5.94. The van der Waals surface area contributed by atoms with Crippen LogP contribution in [0.15, 0.2) is 23.1 Å².